The van der Waals surface area contributed by atoms with Crippen LogP contribution in [0, 0.1) is 0 Å². The Morgan fingerprint density at radius 3 is 2.25 bits per heavy atom. The molecule has 1 aromatic rings. The van der Waals surface area contributed by atoms with E-state index in [0.29, 0.717) is 6.54 Å². The molecule has 2 amide bonds. The van der Waals surface area contributed by atoms with Gasteiger partial charge in [-0.2, -0.15) is 0 Å². The summed E-state index contributed by atoms with van der Waals surface area (Å²) in [6.45, 7) is 3.55. The number of nitrogens with zero attached hydrogens (tertiary/aromatic N) is 1. The average molecular weight is 275 g/mol. The summed E-state index contributed by atoms with van der Waals surface area (Å²) in [5, 5.41) is 5.83. The lowest BCUT2D eigenvalue weighted by Crippen LogP contribution is -2.39. The Morgan fingerprint density at radius 2 is 1.65 bits per heavy atom. The van der Waals surface area contributed by atoms with Gasteiger partial charge in [-0.15, -0.1) is 0 Å². The summed E-state index contributed by atoms with van der Waals surface area (Å²) in [5.74, 6) is 0.0571. The monoisotopic (exact) mass is 275 g/mol. The molecule has 1 aromatic carbocycles. The highest BCUT2D eigenvalue weighted by atomic mass is 16.2. The van der Waals surface area contributed by atoms with E-state index in [1.165, 1.54) is 13.3 Å². The summed E-state index contributed by atoms with van der Waals surface area (Å²) in [6.07, 6.45) is 3.44. The smallest absolute Gasteiger partial charge is 0.241 e. The molecule has 108 valence electrons. The second-order valence-corrected chi connectivity index (χ2v) is 5.05. The third-order valence-electron chi connectivity index (χ3n) is 3.36. The number of hydrogen-bond donors (Lipinski definition) is 2. The molecule has 1 fully saturated rings. The van der Waals surface area contributed by atoms with E-state index in [2.05, 4.69) is 10.6 Å². The summed E-state index contributed by atoms with van der Waals surface area (Å²) >= 11 is 0. The van der Waals surface area contributed by atoms with Crippen molar-refractivity contribution in [3.8, 4) is 0 Å². The summed E-state index contributed by atoms with van der Waals surface area (Å²) in [6, 6.07) is 7.34. The minimum atomic E-state index is -0.0917. The normalized spacial score (nSPS) is 14.8. The molecule has 0 unspecified atom stereocenters. The fraction of sp³-hybridized carbons (Fsp3) is 0.467. The molecular formula is C15H21N3O2. The van der Waals surface area contributed by atoms with Crippen molar-refractivity contribution in [2.45, 2.75) is 26.2 Å². The number of carbonyl (C=O) groups is 2. The minimum Gasteiger partial charge on any atom is -0.376 e. The molecule has 2 rings (SSSR count). The van der Waals surface area contributed by atoms with Gasteiger partial charge in [0.2, 0.25) is 11.8 Å². The van der Waals surface area contributed by atoms with Crippen molar-refractivity contribution in [3.05, 3.63) is 24.3 Å². The van der Waals surface area contributed by atoms with Crippen molar-refractivity contribution < 1.29 is 9.59 Å². The van der Waals surface area contributed by atoms with E-state index in [0.717, 1.165) is 37.3 Å². The summed E-state index contributed by atoms with van der Waals surface area (Å²) < 4.78 is 0. The van der Waals surface area contributed by atoms with Crippen molar-refractivity contribution in [3.63, 3.8) is 0 Å². The molecular weight excluding hydrogens is 254 g/mol. The number of carbonyl (C=O) groups excluding carboxylic acids is 2. The largest absolute Gasteiger partial charge is 0.376 e. The van der Waals surface area contributed by atoms with E-state index >= 15 is 0 Å². The van der Waals surface area contributed by atoms with E-state index in [1.54, 1.807) is 0 Å². The van der Waals surface area contributed by atoms with Gasteiger partial charge in [-0.25, -0.2) is 0 Å². The van der Waals surface area contributed by atoms with Gasteiger partial charge in [0.1, 0.15) is 0 Å². The lowest BCUT2D eigenvalue weighted by molar-refractivity contribution is -0.130. The molecule has 5 heteroatoms. The van der Waals surface area contributed by atoms with Gasteiger partial charge >= 0.3 is 0 Å². The Balaban J connectivity index is 1.81. The van der Waals surface area contributed by atoms with Gasteiger partial charge in [-0.05, 0) is 43.5 Å². The molecule has 0 radical (unpaired) electrons. The topological polar surface area (TPSA) is 61.4 Å². The second kappa shape index (κ2) is 6.93. The van der Waals surface area contributed by atoms with Gasteiger partial charge in [0.15, 0.2) is 0 Å². The molecule has 0 bridgehead atoms. The molecule has 1 saturated heterocycles. The quantitative estimate of drug-likeness (QED) is 0.884. The second-order valence-electron chi connectivity index (χ2n) is 5.05. The Bertz CT molecular complexity index is 465. The van der Waals surface area contributed by atoms with Crippen LogP contribution in [0.1, 0.15) is 26.2 Å². The molecule has 0 saturated carbocycles. The van der Waals surface area contributed by atoms with E-state index in [9.17, 15) is 9.59 Å². The van der Waals surface area contributed by atoms with Crippen LogP contribution in [0.4, 0.5) is 11.4 Å². The number of nitrogens with one attached hydrogen (secondary N) is 2. The zero-order valence-corrected chi connectivity index (χ0v) is 11.8. The molecule has 0 spiro atoms. The first-order chi connectivity index (χ1) is 9.65. The van der Waals surface area contributed by atoms with Crippen LogP contribution >= 0.6 is 0 Å². The molecule has 2 N–H and O–H groups in total. The maximum Gasteiger partial charge on any atom is 0.241 e. The number of likely N-dealkylation sites (tertiary alicyclic amines) is 1. The third-order valence-corrected chi connectivity index (χ3v) is 3.36. The summed E-state index contributed by atoms with van der Waals surface area (Å²) in [5.41, 5.74) is 1.63. The summed E-state index contributed by atoms with van der Waals surface area (Å²) in [7, 11) is 0. The Hall–Kier alpha value is -2.04. The first kappa shape index (κ1) is 14.4. The van der Waals surface area contributed by atoms with Crippen molar-refractivity contribution in [1.29, 1.82) is 0 Å². The maximum absolute atomic E-state index is 12.0. The summed E-state index contributed by atoms with van der Waals surface area (Å²) in [4.78, 5) is 24.8. The lowest BCUT2D eigenvalue weighted by Gasteiger charge is -2.26. The molecule has 20 heavy (non-hydrogen) atoms. The number of hydrogen-bond acceptors (Lipinski definition) is 3. The predicted octanol–water partition coefficient (Wildman–Crippen LogP) is 2.07. The van der Waals surface area contributed by atoms with Gasteiger partial charge < -0.3 is 15.5 Å². The fourth-order valence-electron chi connectivity index (χ4n) is 2.31. The number of benzene rings is 1. The lowest BCUT2D eigenvalue weighted by atomic mass is 10.1. The number of rotatable bonds is 4. The van der Waals surface area contributed by atoms with Crippen molar-refractivity contribution in [2.75, 3.05) is 30.3 Å². The van der Waals surface area contributed by atoms with E-state index < -0.39 is 0 Å². The van der Waals surface area contributed by atoms with E-state index in [1.807, 2.05) is 29.2 Å². The van der Waals surface area contributed by atoms with Crippen molar-refractivity contribution >= 4 is 23.2 Å². The van der Waals surface area contributed by atoms with Crippen LogP contribution in [0.25, 0.3) is 0 Å². The van der Waals surface area contributed by atoms with Gasteiger partial charge in [0, 0.05) is 31.4 Å². The van der Waals surface area contributed by atoms with Crippen LogP contribution in [0.3, 0.4) is 0 Å². The highest BCUT2D eigenvalue weighted by Gasteiger charge is 2.15. The van der Waals surface area contributed by atoms with E-state index in [-0.39, 0.29) is 11.8 Å². The number of amides is 2. The van der Waals surface area contributed by atoms with Gasteiger partial charge in [0.25, 0.3) is 0 Å². The zero-order chi connectivity index (χ0) is 14.4. The van der Waals surface area contributed by atoms with Crippen LogP contribution in [-0.4, -0.2) is 36.3 Å². The van der Waals surface area contributed by atoms with Crippen LogP contribution < -0.4 is 10.6 Å². The molecule has 0 aromatic heterocycles. The Kier molecular flexibility index (Phi) is 4.98. The van der Waals surface area contributed by atoms with Crippen molar-refractivity contribution in [1.82, 2.24) is 4.90 Å². The average Bonchev–Trinajstić information content (AvgIpc) is 2.46. The van der Waals surface area contributed by atoms with Crippen LogP contribution in [0.5, 0.6) is 0 Å². The highest BCUT2D eigenvalue weighted by Crippen LogP contribution is 2.14. The van der Waals surface area contributed by atoms with Crippen LogP contribution in [0.15, 0.2) is 24.3 Å². The van der Waals surface area contributed by atoms with Crippen molar-refractivity contribution in [2.24, 2.45) is 0 Å². The number of anilines is 2. The minimum absolute atomic E-state index is 0.0917. The third kappa shape index (κ3) is 4.26. The molecule has 0 aliphatic carbocycles. The highest BCUT2D eigenvalue weighted by molar-refractivity contribution is 5.88. The van der Waals surface area contributed by atoms with E-state index in [4.69, 9.17) is 0 Å². The van der Waals surface area contributed by atoms with Crippen LogP contribution in [0.2, 0.25) is 0 Å². The standard InChI is InChI=1S/C15H21N3O2/c1-12(19)17-14-7-5-13(6-8-14)16-11-15(20)18-9-3-2-4-10-18/h5-8,16H,2-4,9-11H2,1H3,(H,17,19). The Labute approximate surface area is 119 Å². The zero-order valence-electron chi connectivity index (χ0n) is 11.8. The first-order valence-electron chi connectivity index (χ1n) is 7.04. The number of piperidine rings is 1. The Morgan fingerprint density at radius 1 is 1.05 bits per heavy atom. The maximum atomic E-state index is 12.0. The first-order valence-corrected chi connectivity index (χ1v) is 7.04. The van der Waals surface area contributed by atoms with Crippen LogP contribution in [-0.2, 0) is 9.59 Å². The van der Waals surface area contributed by atoms with Gasteiger partial charge in [0.05, 0.1) is 6.54 Å². The molecule has 0 atom stereocenters. The molecule has 5 nitrogen and oxygen atoms in total. The SMILES string of the molecule is CC(=O)Nc1ccc(NCC(=O)N2CCCCC2)cc1. The van der Waals surface area contributed by atoms with Gasteiger partial charge in [-0.1, -0.05) is 0 Å². The molecule has 1 aliphatic heterocycles. The molecule has 1 aliphatic rings. The predicted molar refractivity (Wildman–Crippen MR) is 79.7 cm³/mol. The molecule has 1 heterocycles. The van der Waals surface area contributed by atoms with Gasteiger partial charge in [-0.3, -0.25) is 9.59 Å². The fourth-order valence-corrected chi connectivity index (χ4v) is 2.31.